The zero-order chi connectivity index (χ0) is 17.1. The molecular weight excluding hydrogens is 320 g/mol. The summed E-state index contributed by atoms with van der Waals surface area (Å²) in [5.74, 6) is 0. The van der Waals surface area contributed by atoms with Gasteiger partial charge in [0.2, 0.25) is 0 Å². The molecule has 4 rings (SSSR count). The van der Waals surface area contributed by atoms with Gasteiger partial charge in [0.25, 0.3) is 6.01 Å². The van der Waals surface area contributed by atoms with Gasteiger partial charge in [-0.05, 0) is 50.3 Å². The maximum Gasteiger partial charge on any atom is 0.295 e. The normalized spacial score (nSPS) is 21.0. The molecule has 2 aliphatic rings. The number of hydrogen-bond donors (Lipinski definition) is 1. The fourth-order valence-corrected chi connectivity index (χ4v) is 3.84. The molecule has 6 nitrogen and oxygen atoms in total. The maximum absolute atomic E-state index is 5.83. The largest absolute Gasteiger partial charge is 0.424 e. The molecule has 0 spiro atoms. The maximum atomic E-state index is 5.83. The molecule has 0 bridgehead atoms. The van der Waals surface area contributed by atoms with E-state index in [4.69, 9.17) is 18.6 Å². The Morgan fingerprint density at radius 1 is 1.16 bits per heavy atom. The van der Waals surface area contributed by atoms with E-state index in [0.29, 0.717) is 19.2 Å². The molecule has 0 atom stereocenters. The number of nitrogens with zero attached hydrogens (tertiary/aromatic N) is 1. The molecule has 1 aromatic heterocycles. The number of hydrogen-bond acceptors (Lipinski definition) is 6. The van der Waals surface area contributed by atoms with Gasteiger partial charge in [0.15, 0.2) is 11.9 Å². The van der Waals surface area contributed by atoms with Gasteiger partial charge in [0.05, 0.1) is 13.2 Å². The van der Waals surface area contributed by atoms with E-state index in [1.165, 1.54) is 5.56 Å². The van der Waals surface area contributed by atoms with Crippen molar-refractivity contribution >= 4 is 17.1 Å². The molecule has 2 aromatic rings. The van der Waals surface area contributed by atoms with Crippen LogP contribution in [0.25, 0.3) is 11.1 Å². The standard InChI is InChI=1S/C19H26N2O4/c1-14-3-4-16-15(13-14)21-18(25-16)20-8-2-5-19(6-9-22-10-7-19)17-23-11-12-24-17/h3-4,13,17H,2,5-12H2,1H3,(H,20,21). The lowest BCUT2D eigenvalue weighted by Gasteiger charge is -2.40. The minimum atomic E-state index is -0.0799. The van der Waals surface area contributed by atoms with Gasteiger partial charge in [0.1, 0.15) is 5.52 Å². The van der Waals surface area contributed by atoms with Crippen molar-refractivity contribution < 1.29 is 18.6 Å². The summed E-state index contributed by atoms with van der Waals surface area (Å²) >= 11 is 0. The van der Waals surface area contributed by atoms with E-state index in [2.05, 4.69) is 17.2 Å². The first-order chi connectivity index (χ1) is 12.3. The highest BCUT2D eigenvalue weighted by atomic mass is 16.7. The van der Waals surface area contributed by atoms with Crippen LogP contribution in [0.1, 0.15) is 31.2 Å². The lowest BCUT2D eigenvalue weighted by atomic mass is 9.75. The van der Waals surface area contributed by atoms with Gasteiger partial charge in [-0.1, -0.05) is 6.07 Å². The second-order valence-electron chi connectivity index (χ2n) is 7.07. The second kappa shape index (κ2) is 7.32. The zero-order valence-corrected chi connectivity index (χ0v) is 14.8. The van der Waals surface area contributed by atoms with E-state index in [0.717, 1.165) is 56.5 Å². The summed E-state index contributed by atoms with van der Waals surface area (Å²) in [6.07, 6.45) is 3.98. The highest BCUT2D eigenvalue weighted by Gasteiger charge is 2.43. The zero-order valence-electron chi connectivity index (χ0n) is 14.8. The van der Waals surface area contributed by atoms with E-state index in [-0.39, 0.29) is 11.7 Å². The number of nitrogens with one attached hydrogen (secondary N) is 1. The quantitative estimate of drug-likeness (QED) is 0.808. The van der Waals surface area contributed by atoms with E-state index < -0.39 is 0 Å². The number of aromatic nitrogens is 1. The molecular formula is C19H26N2O4. The summed E-state index contributed by atoms with van der Waals surface area (Å²) in [5, 5.41) is 3.31. The Kier molecular flexibility index (Phi) is 4.92. The predicted molar refractivity (Wildman–Crippen MR) is 94.6 cm³/mol. The highest BCUT2D eigenvalue weighted by Crippen LogP contribution is 2.42. The van der Waals surface area contributed by atoms with E-state index in [1.807, 2.05) is 18.2 Å². The summed E-state index contributed by atoms with van der Waals surface area (Å²) in [6.45, 7) is 5.87. The smallest absolute Gasteiger partial charge is 0.295 e. The number of oxazole rings is 1. The van der Waals surface area contributed by atoms with E-state index >= 15 is 0 Å². The third kappa shape index (κ3) is 3.66. The third-order valence-electron chi connectivity index (χ3n) is 5.28. The number of rotatable bonds is 6. The van der Waals surface area contributed by atoms with Crippen molar-refractivity contribution in [2.45, 2.75) is 38.9 Å². The van der Waals surface area contributed by atoms with Gasteiger partial charge < -0.3 is 23.9 Å². The van der Waals surface area contributed by atoms with Crippen LogP contribution in [0.3, 0.4) is 0 Å². The molecule has 6 heteroatoms. The Bertz CT molecular complexity index is 703. The van der Waals surface area contributed by atoms with Gasteiger partial charge in [-0.25, -0.2) is 0 Å². The van der Waals surface area contributed by atoms with Crippen molar-refractivity contribution in [3.05, 3.63) is 23.8 Å². The molecule has 3 heterocycles. The van der Waals surface area contributed by atoms with Crippen molar-refractivity contribution in [2.75, 3.05) is 38.3 Å². The first-order valence-corrected chi connectivity index (χ1v) is 9.17. The van der Waals surface area contributed by atoms with Crippen LogP contribution >= 0.6 is 0 Å². The Hall–Kier alpha value is -1.63. The average Bonchev–Trinajstić information content (AvgIpc) is 3.29. The van der Waals surface area contributed by atoms with Crippen LogP contribution in [-0.2, 0) is 14.2 Å². The molecule has 0 amide bonds. The van der Waals surface area contributed by atoms with E-state index in [9.17, 15) is 0 Å². The molecule has 136 valence electrons. The topological polar surface area (TPSA) is 65.8 Å². The average molecular weight is 346 g/mol. The highest BCUT2D eigenvalue weighted by molar-refractivity contribution is 5.75. The summed E-state index contributed by atoms with van der Waals surface area (Å²) in [6, 6.07) is 6.63. The van der Waals surface area contributed by atoms with Gasteiger partial charge in [-0.15, -0.1) is 0 Å². The number of aryl methyl sites for hydroxylation is 1. The van der Waals surface area contributed by atoms with Crippen LogP contribution in [0.5, 0.6) is 0 Å². The molecule has 25 heavy (non-hydrogen) atoms. The van der Waals surface area contributed by atoms with Gasteiger partial charge in [0, 0.05) is 25.2 Å². The van der Waals surface area contributed by atoms with Crippen LogP contribution in [0, 0.1) is 12.3 Å². The number of ether oxygens (including phenoxy) is 3. The lowest BCUT2D eigenvalue weighted by molar-refractivity contribution is -0.168. The summed E-state index contributed by atoms with van der Waals surface area (Å²) in [4.78, 5) is 4.51. The van der Waals surface area contributed by atoms with Crippen molar-refractivity contribution in [3.63, 3.8) is 0 Å². The van der Waals surface area contributed by atoms with Gasteiger partial charge in [-0.2, -0.15) is 4.98 Å². The van der Waals surface area contributed by atoms with Gasteiger partial charge in [-0.3, -0.25) is 0 Å². The molecule has 2 saturated heterocycles. The summed E-state index contributed by atoms with van der Waals surface area (Å²) in [7, 11) is 0. The Morgan fingerprint density at radius 2 is 1.96 bits per heavy atom. The van der Waals surface area contributed by atoms with Crippen molar-refractivity contribution in [2.24, 2.45) is 5.41 Å². The fourth-order valence-electron chi connectivity index (χ4n) is 3.84. The monoisotopic (exact) mass is 346 g/mol. The predicted octanol–water partition coefficient (Wildman–Crippen LogP) is 3.50. The van der Waals surface area contributed by atoms with Crippen LogP contribution in [-0.4, -0.2) is 44.2 Å². The molecule has 2 fully saturated rings. The second-order valence-corrected chi connectivity index (χ2v) is 7.07. The van der Waals surface area contributed by atoms with E-state index in [1.54, 1.807) is 0 Å². The van der Waals surface area contributed by atoms with Crippen molar-refractivity contribution in [1.29, 1.82) is 0 Å². The molecule has 0 aliphatic carbocycles. The van der Waals surface area contributed by atoms with Crippen molar-refractivity contribution in [1.82, 2.24) is 4.98 Å². The van der Waals surface area contributed by atoms with Crippen LogP contribution in [0.2, 0.25) is 0 Å². The first-order valence-electron chi connectivity index (χ1n) is 9.17. The van der Waals surface area contributed by atoms with Crippen LogP contribution in [0.4, 0.5) is 6.01 Å². The molecule has 1 aromatic carbocycles. The molecule has 1 N–H and O–H groups in total. The number of anilines is 1. The minimum Gasteiger partial charge on any atom is -0.424 e. The number of benzene rings is 1. The minimum absolute atomic E-state index is 0.0782. The summed E-state index contributed by atoms with van der Waals surface area (Å²) in [5.41, 5.74) is 2.98. The van der Waals surface area contributed by atoms with Crippen LogP contribution < -0.4 is 5.32 Å². The Morgan fingerprint density at radius 3 is 2.76 bits per heavy atom. The molecule has 0 radical (unpaired) electrons. The third-order valence-corrected chi connectivity index (χ3v) is 5.28. The van der Waals surface area contributed by atoms with Crippen LogP contribution in [0.15, 0.2) is 22.6 Å². The molecule has 2 aliphatic heterocycles. The van der Waals surface area contributed by atoms with Gasteiger partial charge >= 0.3 is 0 Å². The first kappa shape index (κ1) is 16.8. The molecule has 0 unspecified atom stereocenters. The SMILES string of the molecule is Cc1ccc2oc(NCCCC3(C4OCCO4)CCOCC3)nc2c1. The molecule has 0 saturated carbocycles. The van der Waals surface area contributed by atoms with Crippen molar-refractivity contribution in [3.8, 4) is 0 Å². The Labute approximate surface area is 147 Å². The summed E-state index contributed by atoms with van der Waals surface area (Å²) < 4.78 is 23.0. The Balaban J connectivity index is 1.33. The number of fused-ring (bicyclic) bond motifs is 1. The lowest BCUT2D eigenvalue weighted by Crippen LogP contribution is -2.41. The fraction of sp³-hybridized carbons (Fsp3) is 0.632.